The molecule has 0 aliphatic carbocycles. The number of aromatic nitrogens is 3. The molecular formula is C25H25N5O3. The Morgan fingerprint density at radius 2 is 2.06 bits per heavy atom. The van der Waals surface area contributed by atoms with Crippen molar-refractivity contribution in [2.75, 3.05) is 6.61 Å². The summed E-state index contributed by atoms with van der Waals surface area (Å²) in [5, 5.41) is 12.0. The molecule has 0 bridgehead atoms. The maximum absolute atomic E-state index is 13.3. The van der Waals surface area contributed by atoms with Gasteiger partial charge in [0.2, 0.25) is 0 Å². The second kappa shape index (κ2) is 8.63. The number of hydrogen-bond acceptors (Lipinski definition) is 5. The van der Waals surface area contributed by atoms with Crippen LogP contribution < -0.4 is 16.4 Å². The highest BCUT2D eigenvalue weighted by Crippen LogP contribution is 2.17. The van der Waals surface area contributed by atoms with Crippen LogP contribution in [0.4, 0.5) is 0 Å². The number of benzene rings is 1. The number of amides is 1. The number of aryl methyl sites for hydroxylation is 1. The molecule has 0 radical (unpaired) electrons. The minimum absolute atomic E-state index is 0.0200. The first-order valence-corrected chi connectivity index (χ1v) is 11.1. The summed E-state index contributed by atoms with van der Waals surface area (Å²) < 4.78 is 8.87. The number of hydrogen-bond donors (Lipinski definition) is 2. The Labute approximate surface area is 190 Å². The van der Waals surface area contributed by atoms with E-state index in [2.05, 4.69) is 10.3 Å². The Bertz CT molecular complexity index is 1460. The fraction of sp³-hybridized carbons (Fsp3) is 0.280. The molecule has 1 amide bonds. The molecule has 0 saturated carbocycles. The third-order valence-electron chi connectivity index (χ3n) is 6.05. The van der Waals surface area contributed by atoms with Crippen LogP contribution in [0.3, 0.4) is 0 Å². The lowest BCUT2D eigenvalue weighted by Crippen LogP contribution is -2.36. The molecular weight excluding hydrogens is 418 g/mol. The molecule has 0 unspecified atom stereocenters. The van der Waals surface area contributed by atoms with E-state index >= 15 is 0 Å². The van der Waals surface area contributed by atoms with Crippen molar-refractivity contribution in [3.8, 4) is 0 Å². The lowest BCUT2D eigenvalue weighted by molar-refractivity contribution is 0.0931. The van der Waals surface area contributed by atoms with Crippen LogP contribution in [0.1, 0.15) is 34.3 Å². The van der Waals surface area contributed by atoms with Gasteiger partial charge in [-0.1, -0.05) is 35.9 Å². The Hall–Kier alpha value is -3.78. The number of nitrogens with one attached hydrogen (secondary N) is 2. The van der Waals surface area contributed by atoms with Gasteiger partial charge < -0.3 is 14.6 Å². The van der Waals surface area contributed by atoms with Crippen molar-refractivity contribution in [1.82, 2.24) is 19.3 Å². The topological polar surface area (TPSA) is 101 Å². The van der Waals surface area contributed by atoms with E-state index in [1.807, 2.05) is 37.3 Å². The highest BCUT2D eigenvalue weighted by Gasteiger charge is 2.22. The van der Waals surface area contributed by atoms with Crippen molar-refractivity contribution in [3.05, 3.63) is 87.3 Å². The monoisotopic (exact) mass is 443 g/mol. The van der Waals surface area contributed by atoms with Gasteiger partial charge in [-0.05, 0) is 43.5 Å². The van der Waals surface area contributed by atoms with Crippen molar-refractivity contribution >= 4 is 22.6 Å². The molecule has 33 heavy (non-hydrogen) atoms. The molecule has 5 rings (SSSR count). The van der Waals surface area contributed by atoms with Crippen LogP contribution in [0.15, 0.2) is 59.5 Å². The number of pyridine rings is 2. The Balaban J connectivity index is 1.61. The summed E-state index contributed by atoms with van der Waals surface area (Å²) in [6.45, 7) is 3.38. The van der Waals surface area contributed by atoms with Crippen LogP contribution in [0.25, 0.3) is 16.7 Å². The fourth-order valence-electron chi connectivity index (χ4n) is 4.21. The minimum atomic E-state index is -0.402. The SMILES string of the molecule is Cc1ccc(CNC(=O)c2cc3c(=O)n4ccccc4nc3n(C[C@H]3CCCO3)c2=N)cc1. The molecule has 2 N–H and O–H groups in total. The van der Waals surface area contributed by atoms with Crippen molar-refractivity contribution in [2.45, 2.75) is 39.0 Å². The van der Waals surface area contributed by atoms with Gasteiger partial charge in [0.15, 0.2) is 0 Å². The van der Waals surface area contributed by atoms with E-state index in [9.17, 15) is 9.59 Å². The third-order valence-corrected chi connectivity index (χ3v) is 6.05. The normalized spacial score (nSPS) is 15.8. The van der Waals surface area contributed by atoms with Crippen LogP contribution in [-0.2, 0) is 17.8 Å². The largest absolute Gasteiger partial charge is 0.376 e. The number of nitrogens with zero attached hydrogens (tertiary/aromatic N) is 3. The van der Waals surface area contributed by atoms with Gasteiger partial charge in [-0.15, -0.1) is 0 Å². The summed E-state index contributed by atoms with van der Waals surface area (Å²) in [5.41, 5.74) is 2.87. The number of ether oxygens (including phenoxy) is 1. The van der Waals surface area contributed by atoms with Crippen molar-refractivity contribution < 1.29 is 9.53 Å². The van der Waals surface area contributed by atoms with Crippen molar-refractivity contribution in [3.63, 3.8) is 0 Å². The summed E-state index contributed by atoms with van der Waals surface area (Å²) >= 11 is 0. The van der Waals surface area contributed by atoms with Gasteiger partial charge in [0.05, 0.1) is 23.6 Å². The Kier molecular flexibility index (Phi) is 5.51. The second-order valence-electron chi connectivity index (χ2n) is 8.40. The average molecular weight is 444 g/mol. The van der Waals surface area contributed by atoms with E-state index in [0.29, 0.717) is 36.4 Å². The van der Waals surface area contributed by atoms with Gasteiger partial charge in [0, 0.05) is 19.3 Å². The number of fused-ring (bicyclic) bond motifs is 2. The van der Waals surface area contributed by atoms with Crippen LogP contribution in [0, 0.1) is 12.3 Å². The molecule has 3 aromatic heterocycles. The average Bonchev–Trinajstić information content (AvgIpc) is 3.34. The number of carbonyl (C=O) groups excluding carboxylic acids is 1. The lowest BCUT2D eigenvalue weighted by atomic mass is 10.1. The molecule has 168 valence electrons. The predicted molar refractivity (Wildman–Crippen MR) is 124 cm³/mol. The first-order valence-electron chi connectivity index (χ1n) is 11.1. The van der Waals surface area contributed by atoms with Crippen LogP contribution >= 0.6 is 0 Å². The highest BCUT2D eigenvalue weighted by molar-refractivity contribution is 5.96. The van der Waals surface area contributed by atoms with Gasteiger partial charge in [-0.2, -0.15) is 0 Å². The predicted octanol–water partition coefficient (Wildman–Crippen LogP) is 2.55. The maximum Gasteiger partial charge on any atom is 0.267 e. The zero-order valence-electron chi connectivity index (χ0n) is 18.4. The molecule has 1 aliphatic heterocycles. The summed E-state index contributed by atoms with van der Waals surface area (Å²) in [6.07, 6.45) is 3.39. The van der Waals surface area contributed by atoms with E-state index in [-0.39, 0.29) is 22.7 Å². The molecule has 4 heterocycles. The molecule has 4 aromatic rings. The molecule has 1 aromatic carbocycles. The van der Waals surface area contributed by atoms with Crippen LogP contribution in [0.5, 0.6) is 0 Å². The quantitative estimate of drug-likeness (QED) is 0.463. The second-order valence-corrected chi connectivity index (χ2v) is 8.40. The maximum atomic E-state index is 13.3. The highest BCUT2D eigenvalue weighted by atomic mass is 16.5. The first-order chi connectivity index (χ1) is 16.0. The summed E-state index contributed by atoms with van der Waals surface area (Å²) in [6, 6.07) is 14.7. The summed E-state index contributed by atoms with van der Waals surface area (Å²) in [5.74, 6) is -0.402. The number of carbonyl (C=O) groups is 1. The minimum Gasteiger partial charge on any atom is -0.376 e. The smallest absolute Gasteiger partial charge is 0.267 e. The standard InChI is InChI=1S/C25H25N5O3/c1-16-7-9-17(10-8-16)14-27-24(31)19-13-20-23(28-21-6-2-3-11-29(21)25(20)32)30(22(19)26)15-18-5-4-12-33-18/h2-3,6-11,13,18,26H,4-5,12,14-15H2,1H3,(H,27,31)/t18-/m1/s1. The molecule has 1 aliphatic rings. The molecule has 8 nitrogen and oxygen atoms in total. The van der Waals surface area contributed by atoms with E-state index in [1.54, 1.807) is 22.9 Å². The number of rotatable bonds is 5. The fourth-order valence-corrected chi connectivity index (χ4v) is 4.21. The Morgan fingerprint density at radius 1 is 1.24 bits per heavy atom. The van der Waals surface area contributed by atoms with E-state index in [0.717, 1.165) is 24.0 Å². The third kappa shape index (κ3) is 4.05. The van der Waals surface area contributed by atoms with Gasteiger partial charge >= 0.3 is 0 Å². The van der Waals surface area contributed by atoms with Gasteiger partial charge in [0.1, 0.15) is 16.8 Å². The van der Waals surface area contributed by atoms with E-state index < -0.39 is 5.91 Å². The molecule has 0 spiro atoms. The lowest BCUT2D eigenvalue weighted by Gasteiger charge is -2.17. The zero-order valence-corrected chi connectivity index (χ0v) is 18.4. The summed E-state index contributed by atoms with van der Waals surface area (Å²) in [7, 11) is 0. The van der Waals surface area contributed by atoms with Crippen LogP contribution in [-0.4, -0.2) is 32.6 Å². The van der Waals surface area contributed by atoms with Gasteiger partial charge in [-0.3, -0.25) is 19.4 Å². The zero-order chi connectivity index (χ0) is 22.9. The molecule has 8 heteroatoms. The molecule has 1 atom stereocenters. The van der Waals surface area contributed by atoms with Gasteiger partial charge in [-0.25, -0.2) is 4.98 Å². The molecule has 1 saturated heterocycles. The van der Waals surface area contributed by atoms with Gasteiger partial charge in [0.25, 0.3) is 11.5 Å². The van der Waals surface area contributed by atoms with Crippen molar-refractivity contribution in [2.24, 2.45) is 0 Å². The Morgan fingerprint density at radius 3 is 2.82 bits per heavy atom. The van der Waals surface area contributed by atoms with Crippen LogP contribution in [0.2, 0.25) is 0 Å². The first kappa shape index (κ1) is 21.1. The van der Waals surface area contributed by atoms with Crippen molar-refractivity contribution in [1.29, 1.82) is 5.41 Å². The van der Waals surface area contributed by atoms with E-state index in [4.69, 9.17) is 10.1 Å². The summed E-state index contributed by atoms with van der Waals surface area (Å²) in [4.78, 5) is 31.0. The molecule has 1 fully saturated rings. The van der Waals surface area contributed by atoms with E-state index in [1.165, 1.54) is 10.5 Å².